The van der Waals surface area contributed by atoms with Crippen LogP contribution in [0.1, 0.15) is 15.9 Å². The van der Waals surface area contributed by atoms with Gasteiger partial charge >= 0.3 is 0 Å². The van der Waals surface area contributed by atoms with E-state index in [0.717, 1.165) is 25.2 Å². The first-order valence-electron chi connectivity index (χ1n) is 8.87. The zero-order valence-corrected chi connectivity index (χ0v) is 15.4. The van der Waals surface area contributed by atoms with E-state index < -0.39 is 0 Å². The topological polar surface area (TPSA) is 55.8 Å². The van der Waals surface area contributed by atoms with E-state index >= 15 is 0 Å². The second-order valence-corrected chi connectivity index (χ2v) is 7.40. The number of nitrogens with one attached hydrogen (secondary N) is 1. The lowest BCUT2D eigenvalue weighted by Gasteiger charge is -2.33. The third-order valence-electron chi connectivity index (χ3n) is 5.43. The Labute approximate surface area is 158 Å². The number of rotatable bonds is 6. The first-order valence-corrected chi connectivity index (χ1v) is 9.25. The molecule has 0 saturated carbocycles. The van der Waals surface area contributed by atoms with Crippen LogP contribution < -0.4 is 5.48 Å². The Balaban J connectivity index is 1.64. The van der Waals surface area contributed by atoms with Crippen molar-refractivity contribution in [2.24, 2.45) is 11.8 Å². The Bertz CT molecular complexity index is 830. The Morgan fingerprint density at radius 1 is 1.35 bits per heavy atom. The van der Waals surface area contributed by atoms with Gasteiger partial charge in [-0.05, 0) is 30.3 Å². The molecule has 6 heteroatoms. The molecule has 1 aromatic carbocycles. The number of benzene rings is 1. The Kier molecular flexibility index (Phi) is 4.71. The van der Waals surface area contributed by atoms with Crippen molar-refractivity contribution in [1.29, 1.82) is 0 Å². The Morgan fingerprint density at radius 2 is 2.19 bits per heavy atom. The van der Waals surface area contributed by atoms with Crippen molar-refractivity contribution < 1.29 is 10.0 Å². The SMILES string of the molecule is CN(CCNO)CCN1C=C2c3cccc(Cl)c3C(=O)C3C=CC=C1C23. The van der Waals surface area contributed by atoms with E-state index in [4.69, 9.17) is 16.8 Å². The van der Waals surface area contributed by atoms with Gasteiger partial charge < -0.3 is 15.0 Å². The molecule has 0 fully saturated rings. The van der Waals surface area contributed by atoms with Gasteiger partial charge in [0.1, 0.15) is 0 Å². The predicted molar refractivity (Wildman–Crippen MR) is 102 cm³/mol. The van der Waals surface area contributed by atoms with E-state index in [1.165, 1.54) is 11.3 Å². The monoisotopic (exact) mass is 371 g/mol. The van der Waals surface area contributed by atoms with Gasteiger partial charge in [0, 0.05) is 49.6 Å². The third-order valence-corrected chi connectivity index (χ3v) is 5.74. The number of allylic oxidation sites excluding steroid dienone is 4. The van der Waals surface area contributed by atoms with Crippen molar-refractivity contribution in [1.82, 2.24) is 15.3 Å². The van der Waals surface area contributed by atoms with Crippen molar-refractivity contribution in [2.45, 2.75) is 0 Å². The number of halogens is 1. The van der Waals surface area contributed by atoms with Crippen LogP contribution in [0.4, 0.5) is 0 Å². The molecule has 1 heterocycles. The minimum Gasteiger partial charge on any atom is -0.349 e. The highest BCUT2D eigenvalue weighted by Gasteiger charge is 2.45. The summed E-state index contributed by atoms with van der Waals surface area (Å²) in [5, 5.41) is 9.27. The maximum atomic E-state index is 13.0. The fourth-order valence-electron chi connectivity index (χ4n) is 4.10. The average molecular weight is 372 g/mol. The second-order valence-electron chi connectivity index (χ2n) is 7.00. The van der Waals surface area contributed by atoms with Crippen LogP contribution in [0, 0.1) is 11.8 Å². The molecule has 3 aliphatic rings. The van der Waals surface area contributed by atoms with Crippen LogP contribution in [0.15, 0.2) is 48.3 Å². The van der Waals surface area contributed by atoms with Crippen LogP contribution in [-0.4, -0.2) is 54.0 Å². The van der Waals surface area contributed by atoms with Crippen LogP contribution in [0.3, 0.4) is 0 Å². The predicted octanol–water partition coefficient (Wildman–Crippen LogP) is 2.79. The van der Waals surface area contributed by atoms with Crippen molar-refractivity contribution in [3.05, 3.63) is 64.5 Å². The lowest BCUT2D eigenvalue weighted by molar-refractivity contribution is 0.0922. The first kappa shape index (κ1) is 17.5. The molecule has 0 bridgehead atoms. The maximum Gasteiger partial charge on any atom is 0.172 e. The highest BCUT2D eigenvalue weighted by Crippen LogP contribution is 2.51. The van der Waals surface area contributed by atoms with Crippen LogP contribution in [0.2, 0.25) is 5.02 Å². The zero-order valence-electron chi connectivity index (χ0n) is 14.7. The standard InChI is InChI=1S/C20H22ClN3O2/c1-23(9-8-22-26)10-11-24-12-15-13-4-2-6-16(21)19(13)20(25)14-5-3-7-17(24)18(14)15/h2-7,12,14,18,22,26H,8-11H2,1H3. The number of fused-ring (bicyclic) bond motifs is 2. The van der Waals surface area contributed by atoms with Gasteiger partial charge in [0.2, 0.25) is 0 Å². The normalized spacial score (nSPS) is 23.1. The summed E-state index contributed by atoms with van der Waals surface area (Å²) >= 11 is 6.36. The number of carbonyl (C=O) groups is 1. The fraction of sp³-hybridized carbons (Fsp3) is 0.350. The van der Waals surface area contributed by atoms with Gasteiger partial charge in [-0.25, -0.2) is 5.48 Å². The third kappa shape index (κ3) is 2.81. The summed E-state index contributed by atoms with van der Waals surface area (Å²) in [6.07, 6.45) is 8.28. The van der Waals surface area contributed by atoms with Gasteiger partial charge in [0.05, 0.1) is 10.9 Å². The number of ketones is 1. The van der Waals surface area contributed by atoms with Gasteiger partial charge in [-0.15, -0.1) is 0 Å². The smallest absolute Gasteiger partial charge is 0.172 e. The molecule has 1 aliphatic heterocycles. The number of hydroxylamine groups is 1. The highest BCUT2D eigenvalue weighted by atomic mass is 35.5. The molecule has 2 atom stereocenters. The lowest BCUT2D eigenvalue weighted by atomic mass is 9.70. The van der Waals surface area contributed by atoms with E-state index in [0.29, 0.717) is 17.1 Å². The van der Waals surface area contributed by atoms with E-state index in [1.54, 1.807) is 6.07 Å². The summed E-state index contributed by atoms with van der Waals surface area (Å²) in [5.41, 5.74) is 6.17. The molecule has 2 aliphatic carbocycles. The molecule has 26 heavy (non-hydrogen) atoms. The summed E-state index contributed by atoms with van der Waals surface area (Å²) < 4.78 is 0. The molecule has 1 aromatic rings. The second kappa shape index (κ2) is 7.00. The molecule has 2 unspecified atom stereocenters. The molecule has 5 nitrogen and oxygen atoms in total. The molecule has 0 radical (unpaired) electrons. The molecule has 0 saturated heterocycles. The zero-order chi connectivity index (χ0) is 18.3. The number of hydrogen-bond acceptors (Lipinski definition) is 5. The van der Waals surface area contributed by atoms with Crippen molar-refractivity contribution in [3.63, 3.8) is 0 Å². The number of nitrogens with zero attached hydrogens (tertiary/aromatic N) is 2. The minimum atomic E-state index is -0.171. The van der Waals surface area contributed by atoms with Gasteiger partial charge in [0.25, 0.3) is 0 Å². The molecule has 136 valence electrons. The fourth-order valence-corrected chi connectivity index (χ4v) is 4.37. The van der Waals surface area contributed by atoms with Crippen molar-refractivity contribution in [3.8, 4) is 0 Å². The quantitative estimate of drug-likeness (QED) is 0.753. The largest absolute Gasteiger partial charge is 0.349 e. The summed E-state index contributed by atoms with van der Waals surface area (Å²) in [7, 11) is 2.03. The Hall–Kier alpha value is -1.92. The molecule has 0 amide bonds. The van der Waals surface area contributed by atoms with E-state index in [9.17, 15) is 4.79 Å². The van der Waals surface area contributed by atoms with Crippen LogP contribution in [0.5, 0.6) is 0 Å². The summed E-state index contributed by atoms with van der Waals surface area (Å²) in [5.74, 6) is 0.0282. The highest BCUT2D eigenvalue weighted by molar-refractivity contribution is 6.35. The van der Waals surface area contributed by atoms with Crippen LogP contribution in [0.25, 0.3) is 5.57 Å². The average Bonchev–Trinajstić information content (AvgIpc) is 3.02. The van der Waals surface area contributed by atoms with Crippen LogP contribution in [-0.2, 0) is 0 Å². The van der Waals surface area contributed by atoms with Gasteiger partial charge in [0.15, 0.2) is 5.78 Å². The molecular weight excluding hydrogens is 350 g/mol. The van der Waals surface area contributed by atoms with E-state index in [-0.39, 0.29) is 17.6 Å². The minimum absolute atomic E-state index is 0.0860. The number of hydrogen-bond donors (Lipinski definition) is 2. The van der Waals surface area contributed by atoms with Crippen molar-refractivity contribution >= 4 is 23.0 Å². The molecular formula is C20H22ClN3O2. The van der Waals surface area contributed by atoms with Gasteiger partial charge in [-0.2, -0.15) is 0 Å². The van der Waals surface area contributed by atoms with E-state index in [2.05, 4.69) is 27.6 Å². The molecule has 0 spiro atoms. The van der Waals surface area contributed by atoms with E-state index in [1.807, 2.05) is 31.3 Å². The van der Waals surface area contributed by atoms with Crippen LogP contribution >= 0.6 is 11.6 Å². The van der Waals surface area contributed by atoms with Gasteiger partial charge in [-0.3, -0.25) is 4.79 Å². The summed E-state index contributed by atoms with van der Waals surface area (Å²) in [6.45, 7) is 3.00. The maximum absolute atomic E-state index is 13.0. The van der Waals surface area contributed by atoms with Gasteiger partial charge in [-0.1, -0.05) is 35.9 Å². The van der Waals surface area contributed by atoms with Crippen molar-refractivity contribution in [2.75, 3.05) is 33.2 Å². The summed E-state index contributed by atoms with van der Waals surface area (Å²) in [4.78, 5) is 17.4. The number of carbonyl (C=O) groups excluding carboxylic acids is 1. The summed E-state index contributed by atoms with van der Waals surface area (Å²) in [6, 6.07) is 5.70. The number of Topliss-reactive ketones (excluding diaryl/α,β-unsaturated/α-hetero) is 1. The Morgan fingerprint density at radius 3 is 3.00 bits per heavy atom. The lowest BCUT2D eigenvalue weighted by Crippen LogP contribution is -2.35. The molecule has 0 aromatic heterocycles. The molecule has 4 rings (SSSR count). The number of likely N-dealkylation sites (N-methyl/N-ethyl adjacent to an activating group) is 1. The molecule has 2 N–H and O–H groups in total. The first-order chi connectivity index (χ1) is 12.6.